The molecule has 0 aliphatic carbocycles. The number of allylic oxidation sites excluding steroid dienone is 32. The third-order valence-corrected chi connectivity index (χ3v) is 13.1. The van der Waals surface area contributed by atoms with Crippen LogP contribution in [0.25, 0.3) is 0 Å². The van der Waals surface area contributed by atoms with Gasteiger partial charge in [0.25, 0.3) is 0 Å². The highest BCUT2D eigenvalue weighted by Gasteiger charge is 2.19. The number of hydrogen-bond acceptors (Lipinski definition) is 6. The van der Waals surface area contributed by atoms with Crippen LogP contribution < -0.4 is 0 Å². The van der Waals surface area contributed by atoms with Crippen molar-refractivity contribution in [1.82, 2.24) is 0 Å². The molecule has 1 atom stereocenters. The van der Waals surface area contributed by atoms with E-state index in [1.807, 2.05) is 0 Å². The maximum Gasteiger partial charge on any atom is 0.306 e. The Labute approximate surface area is 509 Å². The monoisotopic (exact) mass is 1140 g/mol. The molecule has 0 N–H and O–H groups in total. The molecule has 0 fully saturated rings. The van der Waals surface area contributed by atoms with Crippen molar-refractivity contribution < 1.29 is 28.6 Å². The quantitative estimate of drug-likeness (QED) is 0.0261. The van der Waals surface area contributed by atoms with Crippen LogP contribution in [0.3, 0.4) is 0 Å². The predicted molar refractivity (Wildman–Crippen MR) is 361 cm³/mol. The second-order valence-electron chi connectivity index (χ2n) is 20.9. The van der Waals surface area contributed by atoms with Gasteiger partial charge in [-0.1, -0.05) is 267 Å². The molecule has 0 aromatic rings. The van der Waals surface area contributed by atoms with Gasteiger partial charge in [-0.3, -0.25) is 14.4 Å². The smallest absolute Gasteiger partial charge is 0.306 e. The summed E-state index contributed by atoms with van der Waals surface area (Å²) in [6.45, 7) is 6.29. The zero-order valence-electron chi connectivity index (χ0n) is 52.9. The molecule has 0 bridgehead atoms. The minimum atomic E-state index is -0.838. The van der Waals surface area contributed by atoms with Crippen LogP contribution in [0, 0.1) is 0 Å². The Hall–Kier alpha value is -5.75. The molecule has 6 nitrogen and oxygen atoms in total. The highest BCUT2D eigenvalue weighted by molar-refractivity contribution is 5.71. The highest BCUT2D eigenvalue weighted by atomic mass is 16.6. The molecular weight excluding hydrogens is 1020 g/mol. The van der Waals surface area contributed by atoms with Gasteiger partial charge in [-0.15, -0.1) is 0 Å². The number of unbranched alkanes of at least 4 members (excludes halogenated alkanes) is 14. The molecule has 83 heavy (non-hydrogen) atoms. The van der Waals surface area contributed by atoms with Gasteiger partial charge in [0.05, 0.1) is 0 Å². The number of carbonyl (C=O) groups is 3. The number of esters is 3. The fourth-order valence-electron chi connectivity index (χ4n) is 8.21. The van der Waals surface area contributed by atoms with Gasteiger partial charge in [0.2, 0.25) is 0 Å². The van der Waals surface area contributed by atoms with E-state index in [-0.39, 0.29) is 37.5 Å². The van der Waals surface area contributed by atoms with Gasteiger partial charge in [0.15, 0.2) is 6.10 Å². The number of hydrogen-bond donors (Lipinski definition) is 0. The summed E-state index contributed by atoms with van der Waals surface area (Å²) in [6.07, 6.45) is 104. The second kappa shape index (κ2) is 68.7. The lowest BCUT2D eigenvalue weighted by molar-refractivity contribution is -0.167. The average molecular weight is 1140 g/mol. The molecule has 0 aliphatic rings. The molecule has 0 aromatic heterocycles. The van der Waals surface area contributed by atoms with Crippen LogP contribution in [0.4, 0.5) is 0 Å². The summed E-state index contributed by atoms with van der Waals surface area (Å²) in [6, 6.07) is 0. The van der Waals surface area contributed by atoms with Crippen molar-refractivity contribution in [2.75, 3.05) is 13.2 Å². The summed E-state index contributed by atoms with van der Waals surface area (Å²) < 4.78 is 16.8. The SMILES string of the molecule is CC/C=C\C/C=C\C/C=C\C/C=C\C/C=C\C/C=C\C/C=C\C/C=C\C/C=C\CCCCCC(=O)OCC(COC(=O)CCCCCCCCC/C=C\C/C=C\CCCCC)OC(=O)CCC/C=C\C/C=C\C/C=C\C/C=C\C/C=C\CC. The van der Waals surface area contributed by atoms with E-state index in [0.29, 0.717) is 19.3 Å². The first kappa shape index (κ1) is 77.2. The van der Waals surface area contributed by atoms with Gasteiger partial charge in [0, 0.05) is 19.3 Å². The molecule has 6 heteroatoms. The third kappa shape index (κ3) is 66.9. The summed E-state index contributed by atoms with van der Waals surface area (Å²) in [5.74, 6) is -1.03. The third-order valence-electron chi connectivity index (χ3n) is 13.1. The summed E-state index contributed by atoms with van der Waals surface area (Å²) in [7, 11) is 0. The molecule has 462 valence electrons. The van der Waals surface area contributed by atoms with Crippen LogP contribution in [0.5, 0.6) is 0 Å². The van der Waals surface area contributed by atoms with Crippen LogP contribution in [0.15, 0.2) is 194 Å². The van der Waals surface area contributed by atoms with E-state index in [2.05, 4.69) is 215 Å². The van der Waals surface area contributed by atoms with Gasteiger partial charge in [-0.25, -0.2) is 0 Å². The Balaban J connectivity index is 4.52. The molecule has 0 saturated carbocycles. The molecule has 0 rings (SSSR count). The minimum Gasteiger partial charge on any atom is -0.462 e. The molecule has 1 unspecified atom stereocenters. The summed E-state index contributed by atoms with van der Waals surface area (Å²) in [4.78, 5) is 38.3. The Morgan fingerprint density at radius 1 is 0.253 bits per heavy atom. The van der Waals surface area contributed by atoms with E-state index >= 15 is 0 Å². The Bertz CT molecular complexity index is 1990. The normalized spacial score (nSPS) is 13.4. The fourth-order valence-corrected chi connectivity index (χ4v) is 8.21. The van der Waals surface area contributed by atoms with Crippen LogP contribution in [0.2, 0.25) is 0 Å². The standard InChI is InChI=1S/C77H118O6/c1-4-7-10-13-16-19-22-25-28-31-32-33-34-35-36-37-38-39-40-41-42-43-44-47-49-52-55-58-61-64-67-70-76(79)82-73-74(83-77(80)71-68-65-62-59-56-53-50-46-30-27-24-21-18-15-12-9-6-3)72-81-75(78)69-66-63-60-57-54-51-48-45-29-26-23-20-17-14-11-8-5-2/h7,9-10,12,16-21,25-30,32-33,35-36,38-39,41-42,44,47,50,52-53,55,59,62,74H,4-6,8,11,13-15,22-24,31,34,37,40,43,45-46,48-49,51,54,56-58,60-61,63-73H2,1-3H3/b10-7-,12-9-,19-16-,20-17-,21-18-,28-25-,29-26-,30-27-,33-32-,36-35-,39-38-,42-41-,47-44-,53-50-,55-52-,62-59-. The summed E-state index contributed by atoms with van der Waals surface area (Å²) >= 11 is 0. The first-order valence-electron chi connectivity index (χ1n) is 32.9. The predicted octanol–water partition coefficient (Wildman–Crippen LogP) is 23.0. The maximum absolute atomic E-state index is 12.9. The van der Waals surface area contributed by atoms with E-state index in [4.69, 9.17) is 14.2 Å². The lowest BCUT2D eigenvalue weighted by Gasteiger charge is -2.18. The molecule has 0 saturated heterocycles. The van der Waals surface area contributed by atoms with Crippen molar-refractivity contribution in [3.05, 3.63) is 194 Å². The van der Waals surface area contributed by atoms with Gasteiger partial charge in [-0.05, 0) is 161 Å². The summed E-state index contributed by atoms with van der Waals surface area (Å²) in [5.41, 5.74) is 0. The zero-order chi connectivity index (χ0) is 59.9. The highest BCUT2D eigenvalue weighted by Crippen LogP contribution is 2.13. The zero-order valence-corrected chi connectivity index (χ0v) is 52.9. The Morgan fingerprint density at radius 2 is 0.482 bits per heavy atom. The van der Waals surface area contributed by atoms with Crippen molar-refractivity contribution in [2.24, 2.45) is 0 Å². The first-order chi connectivity index (χ1) is 41.0. The molecule has 0 amide bonds. The second-order valence-corrected chi connectivity index (χ2v) is 20.9. The van der Waals surface area contributed by atoms with Gasteiger partial charge in [-0.2, -0.15) is 0 Å². The molecule has 0 radical (unpaired) electrons. The van der Waals surface area contributed by atoms with Crippen molar-refractivity contribution in [1.29, 1.82) is 0 Å². The van der Waals surface area contributed by atoms with Crippen molar-refractivity contribution in [2.45, 2.75) is 258 Å². The topological polar surface area (TPSA) is 78.9 Å². The molecule has 0 aliphatic heterocycles. The molecule has 0 heterocycles. The van der Waals surface area contributed by atoms with Crippen LogP contribution >= 0.6 is 0 Å². The Kier molecular flexibility index (Phi) is 64.0. The molecule has 0 spiro atoms. The van der Waals surface area contributed by atoms with E-state index in [1.54, 1.807) is 0 Å². The van der Waals surface area contributed by atoms with Crippen molar-refractivity contribution in [3.63, 3.8) is 0 Å². The van der Waals surface area contributed by atoms with E-state index in [0.717, 1.165) is 154 Å². The van der Waals surface area contributed by atoms with E-state index < -0.39 is 6.10 Å². The van der Waals surface area contributed by atoms with Crippen molar-refractivity contribution >= 4 is 17.9 Å². The van der Waals surface area contributed by atoms with Crippen LogP contribution in [-0.4, -0.2) is 37.2 Å². The Morgan fingerprint density at radius 3 is 0.783 bits per heavy atom. The lowest BCUT2D eigenvalue weighted by atomic mass is 10.1. The van der Waals surface area contributed by atoms with E-state index in [9.17, 15) is 14.4 Å². The van der Waals surface area contributed by atoms with E-state index in [1.165, 1.54) is 51.4 Å². The minimum absolute atomic E-state index is 0.125. The maximum atomic E-state index is 12.9. The number of rotatable bonds is 57. The number of ether oxygens (including phenoxy) is 3. The molecular formula is C77H118O6. The first-order valence-corrected chi connectivity index (χ1v) is 32.9. The van der Waals surface area contributed by atoms with Gasteiger partial charge < -0.3 is 14.2 Å². The largest absolute Gasteiger partial charge is 0.462 e. The van der Waals surface area contributed by atoms with Gasteiger partial charge >= 0.3 is 17.9 Å². The average Bonchev–Trinajstić information content (AvgIpc) is 3.49. The van der Waals surface area contributed by atoms with Crippen molar-refractivity contribution in [3.8, 4) is 0 Å². The fraction of sp³-hybridized carbons (Fsp3) is 0.545. The molecule has 0 aromatic carbocycles. The van der Waals surface area contributed by atoms with Crippen LogP contribution in [-0.2, 0) is 28.6 Å². The van der Waals surface area contributed by atoms with Gasteiger partial charge in [0.1, 0.15) is 13.2 Å². The number of carbonyl (C=O) groups excluding carboxylic acids is 3. The lowest BCUT2D eigenvalue weighted by Crippen LogP contribution is -2.30. The van der Waals surface area contributed by atoms with Crippen LogP contribution in [0.1, 0.15) is 252 Å². The summed E-state index contributed by atoms with van der Waals surface area (Å²) in [5, 5.41) is 0.